The summed E-state index contributed by atoms with van der Waals surface area (Å²) in [7, 11) is 0. The third-order valence-electron chi connectivity index (χ3n) is 4.28. The van der Waals surface area contributed by atoms with Crippen molar-refractivity contribution in [3.05, 3.63) is 59.2 Å². The molecule has 0 heterocycles. The molecule has 1 aromatic rings. The Bertz CT molecular complexity index is 465. The van der Waals surface area contributed by atoms with Crippen LogP contribution in [-0.2, 0) is 0 Å². The molecule has 0 nitrogen and oxygen atoms in total. The third-order valence-corrected chi connectivity index (χ3v) is 4.28. The van der Waals surface area contributed by atoms with Crippen LogP contribution in [0.1, 0.15) is 70.4 Å². The largest absolute Gasteiger partial charge is 0.0883 e. The van der Waals surface area contributed by atoms with Gasteiger partial charge in [-0.25, -0.2) is 0 Å². The molecule has 21 heavy (non-hydrogen) atoms. The van der Waals surface area contributed by atoms with Gasteiger partial charge in [-0.05, 0) is 51.5 Å². The zero-order valence-electron chi connectivity index (χ0n) is 14.5. The van der Waals surface area contributed by atoms with Gasteiger partial charge in [0.05, 0.1) is 0 Å². The topological polar surface area (TPSA) is 0 Å². The number of unbranched alkanes of at least 4 members (excludes halogenated alkanes) is 1. The summed E-state index contributed by atoms with van der Waals surface area (Å²) in [4.78, 5) is 0. The first-order valence-electron chi connectivity index (χ1n) is 8.44. The van der Waals surface area contributed by atoms with Gasteiger partial charge in [0, 0.05) is 5.92 Å². The molecule has 0 aromatic heterocycles. The van der Waals surface area contributed by atoms with Crippen molar-refractivity contribution in [3.63, 3.8) is 0 Å². The van der Waals surface area contributed by atoms with Crippen molar-refractivity contribution in [3.8, 4) is 0 Å². The van der Waals surface area contributed by atoms with Crippen LogP contribution in [0.2, 0.25) is 0 Å². The molecule has 2 unspecified atom stereocenters. The molecule has 0 fully saturated rings. The van der Waals surface area contributed by atoms with Crippen LogP contribution in [0.5, 0.6) is 0 Å². The van der Waals surface area contributed by atoms with Gasteiger partial charge >= 0.3 is 0 Å². The molecule has 0 N–H and O–H groups in total. The van der Waals surface area contributed by atoms with E-state index in [2.05, 4.69) is 77.1 Å². The van der Waals surface area contributed by atoms with Gasteiger partial charge in [-0.3, -0.25) is 0 Å². The Kier molecular flexibility index (Phi) is 8.12. The van der Waals surface area contributed by atoms with Crippen molar-refractivity contribution in [2.24, 2.45) is 5.92 Å². The molecule has 0 bridgehead atoms. The maximum absolute atomic E-state index is 2.39. The molecule has 0 spiro atoms. The third kappa shape index (κ3) is 6.33. The standard InChI is InChI=1S/C21H32/c1-6-8-9-11-17(3)14-15-21(19(5)7-2)20-13-10-12-18(4)16-20/h7,9-13,16-17,21H,6,8,14-15H2,1-5H3. The van der Waals surface area contributed by atoms with Crippen molar-refractivity contribution in [1.29, 1.82) is 0 Å². The van der Waals surface area contributed by atoms with Crippen molar-refractivity contribution < 1.29 is 0 Å². The summed E-state index contributed by atoms with van der Waals surface area (Å²) >= 11 is 0. The number of allylic oxidation sites excluding steroid dienone is 4. The molecule has 116 valence electrons. The van der Waals surface area contributed by atoms with E-state index in [1.54, 1.807) is 0 Å². The molecule has 0 aliphatic carbocycles. The number of benzene rings is 1. The van der Waals surface area contributed by atoms with Crippen LogP contribution < -0.4 is 0 Å². The Hall–Kier alpha value is -1.30. The van der Waals surface area contributed by atoms with Crippen molar-refractivity contribution >= 4 is 0 Å². The minimum Gasteiger partial charge on any atom is -0.0883 e. The number of hydrogen-bond acceptors (Lipinski definition) is 0. The summed E-state index contributed by atoms with van der Waals surface area (Å²) in [5.74, 6) is 1.24. The van der Waals surface area contributed by atoms with Crippen molar-refractivity contribution in [2.75, 3.05) is 0 Å². The highest BCUT2D eigenvalue weighted by molar-refractivity contribution is 5.31. The predicted octanol–water partition coefficient (Wildman–Crippen LogP) is 6.82. The first kappa shape index (κ1) is 17.8. The highest BCUT2D eigenvalue weighted by Crippen LogP contribution is 2.31. The van der Waals surface area contributed by atoms with E-state index in [1.165, 1.54) is 42.4 Å². The highest BCUT2D eigenvalue weighted by Gasteiger charge is 2.14. The van der Waals surface area contributed by atoms with Gasteiger partial charge in [-0.15, -0.1) is 0 Å². The fourth-order valence-corrected chi connectivity index (χ4v) is 2.77. The van der Waals surface area contributed by atoms with E-state index in [0.717, 1.165) is 0 Å². The van der Waals surface area contributed by atoms with E-state index in [9.17, 15) is 0 Å². The Labute approximate surface area is 132 Å². The molecular formula is C21H32. The smallest absolute Gasteiger partial charge is 0.00455 e. The van der Waals surface area contributed by atoms with Gasteiger partial charge in [-0.2, -0.15) is 0 Å². The summed E-state index contributed by atoms with van der Waals surface area (Å²) in [6.07, 6.45) is 11.9. The van der Waals surface area contributed by atoms with Gasteiger partial charge in [-0.1, -0.05) is 73.9 Å². The van der Waals surface area contributed by atoms with E-state index in [1.807, 2.05) is 0 Å². The second kappa shape index (κ2) is 9.60. The van der Waals surface area contributed by atoms with Gasteiger partial charge in [0.1, 0.15) is 0 Å². The average molecular weight is 284 g/mol. The fourth-order valence-electron chi connectivity index (χ4n) is 2.77. The van der Waals surface area contributed by atoms with Gasteiger partial charge in [0.25, 0.3) is 0 Å². The summed E-state index contributed by atoms with van der Waals surface area (Å²) in [6.45, 7) is 11.2. The number of hydrogen-bond donors (Lipinski definition) is 0. The van der Waals surface area contributed by atoms with E-state index in [-0.39, 0.29) is 0 Å². The summed E-state index contributed by atoms with van der Waals surface area (Å²) in [6, 6.07) is 8.99. The lowest BCUT2D eigenvalue weighted by atomic mass is 9.85. The second-order valence-corrected chi connectivity index (χ2v) is 6.27. The maximum Gasteiger partial charge on any atom is 0.00455 e. The zero-order chi connectivity index (χ0) is 15.7. The van der Waals surface area contributed by atoms with E-state index in [4.69, 9.17) is 0 Å². The van der Waals surface area contributed by atoms with Crippen LogP contribution in [0.25, 0.3) is 0 Å². The molecule has 0 saturated carbocycles. The first-order valence-corrected chi connectivity index (χ1v) is 8.44. The maximum atomic E-state index is 2.39. The molecular weight excluding hydrogens is 252 g/mol. The molecule has 1 rings (SSSR count). The Balaban J connectivity index is 2.72. The molecule has 0 heteroatoms. The van der Waals surface area contributed by atoms with E-state index in [0.29, 0.717) is 11.8 Å². The van der Waals surface area contributed by atoms with Crippen LogP contribution in [0.4, 0.5) is 0 Å². The van der Waals surface area contributed by atoms with Crippen LogP contribution in [0, 0.1) is 12.8 Å². The molecule has 0 aliphatic heterocycles. The van der Waals surface area contributed by atoms with Crippen LogP contribution in [0.15, 0.2) is 48.1 Å². The Morgan fingerprint density at radius 3 is 2.62 bits per heavy atom. The summed E-state index contributed by atoms with van der Waals surface area (Å²) in [5.41, 5.74) is 4.32. The molecule has 0 amide bonds. The average Bonchev–Trinajstić information content (AvgIpc) is 2.47. The fraction of sp³-hybridized carbons (Fsp3) is 0.524. The van der Waals surface area contributed by atoms with E-state index >= 15 is 0 Å². The minimum atomic E-state index is 0.567. The lowest BCUT2D eigenvalue weighted by Crippen LogP contribution is -2.03. The highest BCUT2D eigenvalue weighted by atomic mass is 14.2. The molecule has 0 aliphatic rings. The van der Waals surface area contributed by atoms with Crippen LogP contribution in [0.3, 0.4) is 0 Å². The Morgan fingerprint density at radius 2 is 2.00 bits per heavy atom. The predicted molar refractivity (Wildman–Crippen MR) is 95.8 cm³/mol. The molecule has 0 saturated heterocycles. The lowest BCUT2D eigenvalue weighted by Gasteiger charge is -2.20. The lowest BCUT2D eigenvalue weighted by molar-refractivity contribution is 0.563. The second-order valence-electron chi connectivity index (χ2n) is 6.27. The molecule has 0 radical (unpaired) electrons. The SMILES string of the molecule is CC=C(C)C(CCC(C)C=CCCC)c1cccc(C)c1. The molecule has 1 aromatic carbocycles. The normalized spacial score (nSPS) is 15.4. The van der Waals surface area contributed by atoms with Crippen LogP contribution in [-0.4, -0.2) is 0 Å². The van der Waals surface area contributed by atoms with Gasteiger partial charge in [0.15, 0.2) is 0 Å². The monoisotopic (exact) mass is 284 g/mol. The van der Waals surface area contributed by atoms with Gasteiger partial charge < -0.3 is 0 Å². The Morgan fingerprint density at radius 1 is 1.24 bits per heavy atom. The summed E-state index contributed by atoms with van der Waals surface area (Å²) in [5, 5.41) is 0. The van der Waals surface area contributed by atoms with Crippen LogP contribution >= 0.6 is 0 Å². The number of aryl methyl sites for hydroxylation is 1. The number of rotatable bonds is 8. The zero-order valence-corrected chi connectivity index (χ0v) is 14.5. The van der Waals surface area contributed by atoms with E-state index < -0.39 is 0 Å². The van der Waals surface area contributed by atoms with Gasteiger partial charge in [0.2, 0.25) is 0 Å². The summed E-state index contributed by atoms with van der Waals surface area (Å²) < 4.78 is 0. The van der Waals surface area contributed by atoms with Crippen molar-refractivity contribution in [2.45, 2.75) is 66.2 Å². The van der Waals surface area contributed by atoms with Crippen molar-refractivity contribution in [1.82, 2.24) is 0 Å². The molecule has 2 atom stereocenters. The quantitative estimate of drug-likeness (QED) is 0.459. The first-order chi connectivity index (χ1) is 10.1. The minimum absolute atomic E-state index is 0.567.